The fraction of sp³-hybridized carbons (Fsp3) is 0.621. The van der Waals surface area contributed by atoms with Crippen LogP contribution in [0.4, 0.5) is 4.79 Å². The number of hydrogen-bond donors (Lipinski definition) is 1. The third-order valence-electron chi connectivity index (χ3n) is 6.93. The van der Waals surface area contributed by atoms with Crippen LogP contribution in [0.1, 0.15) is 53.4 Å². The van der Waals surface area contributed by atoms with Crippen molar-refractivity contribution in [1.29, 1.82) is 0 Å². The summed E-state index contributed by atoms with van der Waals surface area (Å²) in [5.41, 5.74) is 0.950. The fourth-order valence-corrected chi connectivity index (χ4v) is 4.69. The molecule has 9 nitrogen and oxygen atoms in total. The quantitative estimate of drug-likeness (QED) is 0.213. The van der Waals surface area contributed by atoms with Gasteiger partial charge in [0.15, 0.2) is 0 Å². The Balaban J connectivity index is 2.30. The molecule has 2 heterocycles. The maximum absolute atomic E-state index is 13.6. The molecule has 2 fully saturated rings. The predicted molar refractivity (Wildman–Crippen MR) is 150 cm³/mol. The summed E-state index contributed by atoms with van der Waals surface area (Å²) in [7, 11) is 0. The molecule has 0 aromatic rings. The zero-order valence-corrected chi connectivity index (χ0v) is 23.5. The monoisotopic (exact) mass is 527 g/mol. The Morgan fingerprint density at radius 3 is 2.66 bits per heavy atom. The highest BCUT2D eigenvalue weighted by molar-refractivity contribution is 5.91. The lowest BCUT2D eigenvalue weighted by atomic mass is 9.92. The van der Waals surface area contributed by atoms with Gasteiger partial charge < -0.3 is 19.9 Å². The SMILES string of the molecule is C#CCN1CC(=O)N2[C@@H](C(C)CC)C(=O)N(CCCOCCCC)C[C@@H]2N1C(=O)NC/C(C)=C/C=C\C=C. The molecule has 0 aromatic heterocycles. The van der Waals surface area contributed by atoms with Crippen molar-refractivity contribution in [2.24, 2.45) is 5.92 Å². The van der Waals surface area contributed by atoms with Gasteiger partial charge in [0.05, 0.1) is 19.6 Å². The molecule has 0 bridgehead atoms. The highest BCUT2D eigenvalue weighted by Crippen LogP contribution is 2.30. The van der Waals surface area contributed by atoms with Crippen LogP contribution in [0.2, 0.25) is 0 Å². The van der Waals surface area contributed by atoms with Gasteiger partial charge >= 0.3 is 6.03 Å². The number of hydrazine groups is 1. The molecule has 2 rings (SSSR count). The molecule has 2 aliphatic rings. The Kier molecular flexibility index (Phi) is 13.1. The van der Waals surface area contributed by atoms with Gasteiger partial charge in [-0.3, -0.25) is 9.59 Å². The highest BCUT2D eigenvalue weighted by Gasteiger charge is 2.52. The van der Waals surface area contributed by atoms with Gasteiger partial charge in [-0.1, -0.05) is 76.0 Å². The molecule has 3 atom stereocenters. The molecule has 1 unspecified atom stereocenters. The van der Waals surface area contributed by atoms with E-state index in [0.717, 1.165) is 24.8 Å². The number of fused-ring (bicyclic) bond motifs is 1. The maximum Gasteiger partial charge on any atom is 0.334 e. The average molecular weight is 528 g/mol. The van der Waals surface area contributed by atoms with Gasteiger partial charge in [-0.2, -0.15) is 5.01 Å². The van der Waals surface area contributed by atoms with Crippen LogP contribution < -0.4 is 5.32 Å². The number of ether oxygens (including phenoxy) is 1. The van der Waals surface area contributed by atoms with Crippen molar-refractivity contribution in [3.8, 4) is 12.3 Å². The van der Waals surface area contributed by atoms with Crippen LogP contribution in [0.3, 0.4) is 0 Å². The van der Waals surface area contributed by atoms with E-state index in [1.165, 1.54) is 0 Å². The minimum absolute atomic E-state index is 0.0590. The first-order valence-electron chi connectivity index (χ1n) is 13.7. The molecule has 1 N–H and O–H groups in total. The van der Waals surface area contributed by atoms with Crippen molar-refractivity contribution in [3.05, 3.63) is 36.5 Å². The van der Waals surface area contributed by atoms with E-state index in [0.29, 0.717) is 32.7 Å². The second-order valence-corrected chi connectivity index (χ2v) is 9.88. The minimum atomic E-state index is -0.646. The lowest BCUT2D eigenvalue weighted by molar-refractivity contribution is -0.192. The number of allylic oxidation sites excluding steroid dienone is 4. The number of nitrogens with zero attached hydrogens (tertiary/aromatic N) is 4. The molecule has 0 radical (unpaired) electrons. The van der Waals surface area contributed by atoms with E-state index in [2.05, 4.69) is 24.7 Å². The zero-order chi connectivity index (χ0) is 28.1. The summed E-state index contributed by atoms with van der Waals surface area (Å²) in [6.45, 7) is 14.0. The normalized spacial score (nSPS) is 21.4. The van der Waals surface area contributed by atoms with Gasteiger partial charge in [0.1, 0.15) is 12.2 Å². The van der Waals surface area contributed by atoms with Crippen molar-refractivity contribution < 1.29 is 19.1 Å². The summed E-state index contributed by atoms with van der Waals surface area (Å²) in [5.74, 6) is 2.24. The average Bonchev–Trinajstić information content (AvgIpc) is 2.90. The van der Waals surface area contributed by atoms with Crippen molar-refractivity contribution in [3.63, 3.8) is 0 Å². The van der Waals surface area contributed by atoms with E-state index in [1.54, 1.807) is 25.9 Å². The van der Waals surface area contributed by atoms with E-state index in [-0.39, 0.29) is 43.4 Å². The van der Waals surface area contributed by atoms with Gasteiger partial charge in [0.25, 0.3) is 0 Å². The smallest absolute Gasteiger partial charge is 0.334 e. The number of unbranched alkanes of at least 4 members (excludes halogenated alkanes) is 1. The number of piperazine rings is 1. The van der Waals surface area contributed by atoms with Crippen LogP contribution in [0.5, 0.6) is 0 Å². The first kappa shape index (κ1) is 31.1. The number of rotatable bonds is 14. The zero-order valence-electron chi connectivity index (χ0n) is 23.5. The first-order chi connectivity index (χ1) is 18.3. The molecule has 2 aliphatic heterocycles. The van der Waals surface area contributed by atoms with Gasteiger partial charge in [-0.25, -0.2) is 9.80 Å². The second-order valence-electron chi connectivity index (χ2n) is 9.88. The van der Waals surface area contributed by atoms with Gasteiger partial charge in [0.2, 0.25) is 11.8 Å². The van der Waals surface area contributed by atoms with Crippen LogP contribution in [0, 0.1) is 18.3 Å². The molecule has 2 saturated heterocycles. The highest BCUT2D eigenvalue weighted by atomic mass is 16.5. The van der Waals surface area contributed by atoms with Gasteiger partial charge in [0, 0.05) is 26.3 Å². The molecule has 4 amide bonds. The third-order valence-corrected chi connectivity index (χ3v) is 6.93. The number of carbonyl (C=O) groups is 3. The summed E-state index contributed by atoms with van der Waals surface area (Å²) in [6, 6.07) is -0.996. The number of amides is 4. The molecule has 0 spiro atoms. The number of urea groups is 1. The Morgan fingerprint density at radius 1 is 1.26 bits per heavy atom. The van der Waals surface area contributed by atoms with Crippen molar-refractivity contribution in [1.82, 2.24) is 25.1 Å². The van der Waals surface area contributed by atoms with Crippen LogP contribution in [-0.4, -0.2) is 95.8 Å². The van der Waals surface area contributed by atoms with Crippen LogP contribution in [0.15, 0.2) is 36.5 Å². The van der Waals surface area contributed by atoms with Crippen LogP contribution in [0.25, 0.3) is 0 Å². The Labute approximate surface area is 228 Å². The largest absolute Gasteiger partial charge is 0.381 e. The summed E-state index contributed by atoms with van der Waals surface area (Å²) in [4.78, 5) is 44.0. The molecule has 0 aromatic carbocycles. The first-order valence-corrected chi connectivity index (χ1v) is 13.7. The number of nitrogens with one attached hydrogen (secondary N) is 1. The van der Waals surface area contributed by atoms with Gasteiger partial charge in [-0.15, -0.1) is 6.42 Å². The molecule has 210 valence electrons. The Bertz CT molecular complexity index is 924. The maximum atomic E-state index is 13.6. The van der Waals surface area contributed by atoms with E-state index < -0.39 is 12.2 Å². The van der Waals surface area contributed by atoms with Crippen molar-refractivity contribution >= 4 is 17.8 Å². The second kappa shape index (κ2) is 16.0. The topological polar surface area (TPSA) is 85.4 Å². The molecule has 9 heteroatoms. The van der Waals surface area contributed by atoms with Gasteiger partial charge in [-0.05, 0) is 25.7 Å². The predicted octanol–water partition coefficient (Wildman–Crippen LogP) is 3.17. The van der Waals surface area contributed by atoms with E-state index >= 15 is 0 Å². The summed E-state index contributed by atoms with van der Waals surface area (Å²) >= 11 is 0. The Morgan fingerprint density at radius 2 is 2.00 bits per heavy atom. The molecular formula is C29H45N5O4. The fourth-order valence-electron chi connectivity index (χ4n) is 4.69. The number of hydrogen-bond acceptors (Lipinski definition) is 5. The van der Waals surface area contributed by atoms with Crippen LogP contribution in [-0.2, 0) is 14.3 Å². The minimum Gasteiger partial charge on any atom is -0.381 e. The summed E-state index contributed by atoms with van der Waals surface area (Å²) in [6.07, 6.45) is 15.7. The molecule has 38 heavy (non-hydrogen) atoms. The third kappa shape index (κ3) is 8.20. The number of terminal acetylenes is 1. The van der Waals surface area contributed by atoms with Crippen molar-refractivity contribution in [2.75, 3.05) is 45.9 Å². The molecular weight excluding hydrogens is 482 g/mol. The lowest BCUT2D eigenvalue weighted by Gasteiger charge is -2.55. The van der Waals surface area contributed by atoms with E-state index in [1.807, 2.05) is 39.0 Å². The lowest BCUT2D eigenvalue weighted by Crippen LogP contribution is -2.77. The number of carbonyl (C=O) groups excluding carboxylic acids is 3. The standard InChI is InChI=1S/C29H45N5O4/c1-7-11-13-15-23(5)20-30-29(37)34-25-21-31(17-14-19-38-18-12-8-2)28(36)27(24(6)10-4)33(25)26(35)22-32(34)16-9-3/h3,7,11,13,15,24-25,27H,1,8,10,12,14,16-22H2,2,4-6H3,(H,30,37)/b13-11-,23-15+/t24?,25-,27-/m0/s1. The Hall–Kier alpha value is -3.09. The molecule has 0 saturated carbocycles. The van der Waals surface area contributed by atoms with Crippen molar-refractivity contribution in [2.45, 2.75) is 65.6 Å². The molecule has 0 aliphatic carbocycles. The summed E-state index contributed by atoms with van der Waals surface area (Å²) < 4.78 is 5.69. The van der Waals surface area contributed by atoms with E-state index in [4.69, 9.17) is 11.2 Å². The van der Waals surface area contributed by atoms with E-state index in [9.17, 15) is 14.4 Å². The summed E-state index contributed by atoms with van der Waals surface area (Å²) in [5, 5.41) is 6.10. The van der Waals surface area contributed by atoms with Crippen LogP contribution >= 0.6 is 0 Å².